The summed E-state index contributed by atoms with van der Waals surface area (Å²) in [6.07, 6.45) is 0.561. The van der Waals surface area contributed by atoms with Gasteiger partial charge in [-0.25, -0.2) is 8.42 Å². The number of benzene rings is 2. The van der Waals surface area contributed by atoms with Crippen LogP contribution in [0.2, 0.25) is 0 Å². The molecule has 4 nitrogen and oxygen atoms in total. The summed E-state index contributed by atoms with van der Waals surface area (Å²) < 4.78 is 26.3. The lowest BCUT2D eigenvalue weighted by Gasteiger charge is -2.29. The van der Waals surface area contributed by atoms with Gasteiger partial charge in [-0.3, -0.25) is 5.32 Å². The van der Waals surface area contributed by atoms with Crippen LogP contribution in [0, 0.1) is 0 Å². The summed E-state index contributed by atoms with van der Waals surface area (Å²) in [5.41, 5.74) is 0. The third-order valence-electron chi connectivity index (χ3n) is 4.29. The van der Waals surface area contributed by atoms with E-state index in [2.05, 4.69) is 17.9 Å². The van der Waals surface area contributed by atoms with E-state index in [0.717, 1.165) is 10.8 Å². The maximum atomic E-state index is 13.1. The summed E-state index contributed by atoms with van der Waals surface area (Å²) in [5.74, 6) is 0. The standard InChI is InChI=1S/C16H19NO3S2/c18-8-7-16(10-14(21)11-17-16)22(19,20)15-6-5-12-3-1-2-4-13(12)9-15/h1-6,9,14,17-18,21H,7-8,10-11H2/t14-,16+/m1/s1. The van der Waals surface area contributed by atoms with Crippen LogP contribution in [0.25, 0.3) is 10.8 Å². The van der Waals surface area contributed by atoms with Gasteiger partial charge in [-0.05, 0) is 29.3 Å². The molecule has 1 aliphatic heterocycles. The number of thiol groups is 1. The molecular weight excluding hydrogens is 318 g/mol. The van der Waals surface area contributed by atoms with Gasteiger partial charge in [0.25, 0.3) is 0 Å². The summed E-state index contributed by atoms with van der Waals surface area (Å²) >= 11 is 4.39. The number of aliphatic hydroxyl groups excluding tert-OH is 1. The van der Waals surface area contributed by atoms with E-state index in [4.69, 9.17) is 0 Å². The monoisotopic (exact) mass is 337 g/mol. The summed E-state index contributed by atoms with van der Waals surface area (Å²) in [5, 5.41) is 14.3. The van der Waals surface area contributed by atoms with E-state index < -0.39 is 14.7 Å². The van der Waals surface area contributed by atoms with Gasteiger partial charge in [0.05, 0.1) is 4.90 Å². The Balaban J connectivity index is 2.09. The fourth-order valence-electron chi connectivity index (χ4n) is 3.10. The number of fused-ring (bicyclic) bond motifs is 1. The van der Waals surface area contributed by atoms with Crippen molar-refractivity contribution in [2.75, 3.05) is 13.2 Å². The largest absolute Gasteiger partial charge is 0.396 e. The predicted octanol–water partition coefficient (Wildman–Crippen LogP) is 1.98. The van der Waals surface area contributed by atoms with Crippen LogP contribution in [-0.2, 0) is 9.84 Å². The van der Waals surface area contributed by atoms with E-state index in [0.29, 0.717) is 13.0 Å². The highest BCUT2D eigenvalue weighted by molar-refractivity contribution is 7.93. The number of sulfone groups is 1. The molecule has 0 aromatic heterocycles. The molecule has 1 saturated heterocycles. The third-order valence-corrected chi connectivity index (χ3v) is 7.07. The molecule has 0 spiro atoms. The molecule has 0 amide bonds. The number of hydrogen-bond acceptors (Lipinski definition) is 5. The number of rotatable bonds is 4. The normalized spacial score (nSPS) is 25.6. The highest BCUT2D eigenvalue weighted by Gasteiger charge is 2.48. The molecule has 118 valence electrons. The first kappa shape index (κ1) is 15.8. The Kier molecular flexibility index (Phi) is 4.20. The zero-order valence-corrected chi connectivity index (χ0v) is 13.8. The molecule has 0 aliphatic carbocycles. The molecule has 1 aliphatic rings. The van der Waals surface area contributed by atoms with Crippen molar-refractivity contribution in [1.29, 1.82) is 0 Å². The van der Waals surface area contributed by atoms with Crippen molar-refractivity contribution in [3.05, 3.63) is 42.5 Å². The lowest BCUT2D eigenvalue weighted by Crippen LogP contribution is -2.48. The van der Waals surface area contributed by atoms with Crippen LogP contribution in [0.15, 0.2) is 47.4 Å². The van der Waals surface area contributed by atoms with Gasteiger partial charge in [0.2, 0.25) is 0 Å². The van der Waals surface area contributed by atoms with Crippen molar-refractivity contribution < 1.29 is 13.5 Å². The minimum absolute atomic E-state index is 0.0261. The molecular formula is C16H19NO3S2. The van der Waals surface area contributed by atoms with Crippen molar-refractivity contribution in [1.82, 2.24) is 5.32 Å². The van der Waals surface area contributed by atoms with Crippen molar-refractivity contribution in [3.8, 4) is 0 Å². The predicted molar refractivity (Wildman–Crippen MR) is 91.0 cm³/mol. The first-order chi connectivity index (χ1) is 10.5. The van der Waals surface area contributed by atoms with Crippen LogP contribution in [0.3, 0.4) is 0 Å². The van der Waals surface area contributed by atoms with Gasteiger partial charge in [-0.15, -0.1) is 0 Å². The number of nitrogens with one attached hydrogen (secondary N) is 1. The summed E-state index contributed by atoms with van der Waals surface area (Å²) in [6, 6.07) is 12.8. The Hall–Kier alpha value is -1.08. The van der Waals surface area contributed by atoms with E-state index in [1.54, 1.807) is 12.1 Å². The smallest absolute Gasteiger partial charge is 0.197 e. The van der Waals surface area contributed by atoms with Crippen molar-refractivity contribution >= 4 is 33.2 Å². The minimum atomic E-state index is -3.61. The Morgan fingerprint density at radius 3 is 2.59 bits per heavy atom. The molecule has 1 fully saturated rings. The Morgan fingerprint density at radius 1 is 1.23 bits per heavy atom. The van der Waals surface area contributed by atoms with E-state index in [1.165, 1.54) is 0 Å². The summed E-state index contributed by atoms with van der Waals surface area (Å²) in [7, 11) is -3.61. The molecule has 3 rings (SSSR count). The lowest BCUT2D eigenvalue weighted by atomic mass is 10.1. The number of aliphatic hydroxyl groups is 1. The molecule has 2 atom stereocenters. The highest BCUT2D eigenvalue weighted by atomic mass is 32.2. The van der Waals surface area contributed by atoms with Crippen LogP contribution in [0.5, 0.6) is 0 Å². The fraction of sp³-hybridized carbons (Fsp3) is 0.375. The van der Waals surface area contributed by atoms with Crippen LogP contribution < -0.4 is 5.32 Å². The first-order valence-electron chi connectivity index (χ1n) is 7.26. The summed E-state index contributed by atoms with van der Waals surface area (Å²) in [6.45, 7) is 0.343. The summed E-state index contributed by atoms with van der Waals surface area (Å²) in [4.78, 5) is -0.842. The third kappa shape index (κ3) is 2.54. The van der Waals surface area contributed by atoms with Gasteiger partial charge in [0, 0.05) is 24.8 Å². The minimum Gasteiger partial charge on any atom is -0.396 e. The van der Waals surface area contributed by atoms with Crippen molar-refractivity contribution in [2.24, 2.45) is 0 Å². The van der Waals surface area contributed by atoms with E-state index in [9.17, 15) is 13.5 Å². The van der Waals surface area contributed by atoms with E-state index in [-0.39, 0.29) is 23.2 Å². The van der Waals surface area contributed by atoms with Crippen molar-refractivity contribution in [2.45, 2.75) is 27.9 Å². The van der Waals surface area contributed by atoms with Crippen LogP contribution in [-0.4, -0.2) is 36.8 Å². The molecule has 0 radical (unpaired) electrons. The van der Waals surface area contributed by atoms with Gasteiger partial charge >= 0.3 is 0 Å². The lowest BCUT2D eigenvalue weighted by molar-refractivity contribution is 0.257. The van der Waals surface area contributed by atoms with E-state index in [1.807, 2.05) is 30.3 Å². The maximum Gasteiger partial charge on any atom is 0.197 e. The van der Waals surface area contributed by atoms with Gasteiger partial charge in [0.15, 0.2) is 9.84 Å². The average molecular weight is 337 g/mol. The second-order valence-electron chi connectivity index (χ2n) is 5.72. The second kappa shape index (κ2) is 5.85. The highest BCUT2D eigenvalue weighted by Crippen LogP contribution is 2.36. The SMILES string of the molecule is O=S(=O)(c1ccc2ccccc2c1)[C@@]1(CCO)C[C@@H](S)CN1. The van der Waals surface area contributed by atoms with Gasteiger partial charge in [-0.1, -0.05) is 30.3 Å². The van der Waals surface area contributed by atoms with Gasteiger partial charge in [-0.2, -0.15) is 12.6 Å². The first-order valence-corrected chi connectivity index (χ1v) is 9.26. The molecule has 6 heteroatoms. The average Bonchev–Trinajstić information content (AvgIpc) is 2.90. The number of hydrogen-bond donors (Lipinski definition) is 3. The van der Waals surface area contributed by atoms with Crippen LogP contribution >= 0.6 is 12.6 Å². The van der Waals surface area contributed by atoms with E-state index >= 15 is 0 Å². The molecule has 0 bridgehead atoms. The zero-order valence-electron chi connectivity index (χ0n) is 12.1. The molecule has 2 N–H and O–H groups in total. The van der Waals surface area contributed by atoms with Crippen molar-refractivity contribution in [3.63, 3.8) is 0 Å². The quantitative estimate of drug-likeness (QED) is 0.747. The molecule has 2 aromatic carbocycles. The molecule has 0 unspecified atom stereocenters. The topological polar surface area (TPSA) is 66.4 Å². The Morgan fingerprint density at radius 2 is 1.95 bits per heavy atom. The van der Waals surface area contributed by atoms with Gasteiger partial charge in [0.1, 0.15) is 4.87 Å². The maximum absolute atomic E-state index is 13.1. The van der Waals surface area contributed by atoms with Gasteiger partial charge < -0.3 is 5.11 Å². The molecule has 0 saturated carbocycles. The molecule has 1 heterocycles. The van der Waals surface area contributed by atoms with Crippen LogP contribution in [0.1, 0.15) is 12.8 Å². The Bertz CT molecular complexity index is 787. The Labute approximate surface area is 135 Å². The van der Waals surface area contributed by atoms with Crippen LogP contribution in [0.4, 0.5) is 0 Å². The second-order valence-corrected chi connectivity index (χ2v) is 8.71. The molecule has 22 heavy (non-hydrogen) atoms. The zero-order chi connectivity index (χ0) is 15.8. The molecule has 2 aromatic rings. The fourth-order valence-corrected chi connectivity index (χ4v) is 5.66.